The highest BCUT2D eigenvalue weighted by Gasteiger charge is 2.30. The molecule has 3 rings (SSSR count). The number of benzene rings is 2. The molecule has 2 aromatic carbocycles. The number of ether oxygens (including phenoxy) is 1. The second kappa shape index (κ2) is 10.1. The summed E-state index contributed by atoms with van der Waals surface area (Å²) in [5.41, 5.74) is -0.212. The van der Waals surface area contributed by atoms with E-state index in [9.17, 15) is 27.6 Å². The van der Waals surface area contributed by atoms with E-state index in [4.69, 9.17) is 16.3 Å². The number of nitrogens with one attached hydrogen (secondary N) is 2. The van der Waals surface area contributed by atoms with Crippen LogP contribution in [0.5, 0.6) is 0 Å². The average molecular weight is 482 g/mol. The molecule has 0 aliphatic carbocycles. The van der Waals surface area contributed by atoms with Crippen molar-refractivity contribution in [2.45, 2.75) is 6.18 Å². The Bertz CT molecular complexity index is 1150. The zero-order chi connectivity index (χ0) is 24.0. The number of carbonyl (C=O) groups is 3. The summed E-state index contributed by atoms with van der Waals surface area (Å²) in [5, 5.41) is 9.05. The number of esters is 1. The third-order valence-electron chi connectivity index (χ3n) is 4.13. The molecule has 172 valence electrons. The molecule has 0 aliphatic rings. The van der Waals surface area contributed by atoms with Crippen molar-refractivity contribution in [2.24, 2.45) is 0 Å². The normalized spacial score (nSPS) is 11.0. The quantitative estimate of drug-likeness (QED) is 0.501. The zero-order valence-electron chi connectivity index (χ0n) is 16.6. The van der Waals surface area contributed by atoms with Crippen LogP contribution in [0.25, 0.3) is 5.69 Å². The molecule has 13 heteroatoms. The van der Waals surface area contributed by atoms with Gasteiger partial charge in [0.05, 0.1) is 16.9 Å². The molecule has 0 saturated heterocycles. The van der Waals surface area contributed by atoms with Gasteiger partial charge >= 0.3 is 12.1 Å². The number of aromatic nitrogens is 3. The molecule has 2 amide bonds. The molecule has 2 N–H and O–H groups in total. The number of rotatable bonds is 7. The van der Waals surface area contributed by atoms with Gasteiger partial charge in [-0.2, -0.15) is 18.3 Å². The SMILES string of the molecule is O=C(COC(=O)CNC(=O)c1ccc(C(F)(F)F)cc1)Nc1cc(Cl)ccc1-n1cncn1. The number of alkyl halides is 3. The van der Waals surface area contributed by atoms with Crippen molar-refractivity contribution >= 4 is 35.1 Å². The fourth-order valence-corrected chi connectivity index (χ4v) is 2.76. The fraction of sp³-hybridized carbons (Fsp3) is 0.150. The van der Waals surface area contributed by atoms with Crippen LogP contribution in [0.15, 0.2) is 55.1 Å². The van der Waals surface area contributed by atoms with E-state index in [0.29, 0.717) is 16.4 Å². The number of carbonyl (C=O) groups excluding carboxylic acids is 3. The highest BCUT2D eigenvalue weighted by molar-refractivity contribution is 6.31. The van der Waals surface area contributed by atoms with Crippen molar-refractivity contribution in [3.8, 4) is 5.69 Å². The van der Waals surface area contributed by atoms with Crippen LogP contribution in [-0.2, 0) is 20.5 Å². The maximum absolute atomic E-state index is 12.6. The van der Waals surface area contributed by atoms with Gasteiger partial charge in [0.2, 0.25) is 0 Å². The van der Waals surface area contributed by atoms with E-state index in [2.05, 4.69) is 20.7 Å². The molecule has 0 atom stereocenters. The fourth-order valence-electron chi connectivity index (χ4n) is 2.59. The Hall–Kier alpha value is -3.93. The van der Waals surface area contributed by atoms with E-state index < -0.39 is 42.7 Å². The second-order valence-electron chi connectivity index (χ2n) is 6.47. The summed E-state index contributed by atoms with van der Waals surface area (Å²) in [6.45, 7) is -1.24. The standard InChI is InChI=1S/C20H15ClF3N5O4/c21-14-5-6-16(29-11-25-10-27-29)15(7-14)28-17(30)9-33-18(31)8-26-19(32)12-1-3-13(4-2-12)20(22,23)24/h1-7,10-11H,8-9H2,(H,26,32)(H,28,30). The smallest absolute Gasteiger partial charge is 0.416 e. The van der Waals surface area contributed by atoms with Crippen LogP contribution in [0.3, 0.4) is 0 Å². The molecular weight excluding hydrogens is 467 g/mol. The first-order valence-electron chi connectivity index (χ1n) is 9.19. The van der Waals surface area contributed by atoms with Gasteiger partial charge in [-0.05, 0) is 42.5 Å². The van der Waals surface area contributed by atoms with Gasteiger partial charge in [0.15, 0.2) is 6.61 Å². The Labute approximate surface area is 189 Å². The number of halogens is 4. The molecule has 33 heavy (non-hydrogen) atoms. The lowest BCUT2D eigenvalue weighted by atomic mass is 10.1. The monoisotopic (exact) mass is 481 g/mol. The third-order valence-corrected chi connectivity index (χ3v) is 4.37. The minimum atomic E-state index is -4.53. The third kappa shape index (κ3) is 6.53. The highest BCUT2D eigenvalue weighted by Crippen LogP contribution is 2.29. The Morgan fingerprint density at radius 3 is 2.45 bits per heavy atom. The van der Waals surface area contributed by atoms with Crippen molar-refractivity contribution < 1.29 is 32.3 Å². The predicted octanol–water partition coefficient (Wildman–Crippen LogP) is 2.85. The molecule has 0 unspecified atom stereocenters. The number of hydrogen-bond acceptors (Lipinski definition) is 6. The van der Waals surface area contributed by atoms with E-state index in [-0.39, 0.29) is 5.56 Å². The zero-order valence-corrected chi connectivity index (χ0v) is 17.4. The molecule has 0 aliphatic heterocycles. The van der Waals surface area contributed by atoms with Crippen molar-refractivity contribution in [1.29, 1.82) is 0 Å². The lowest BCUT2D eigenvalue weighted by Crippen LogP contribution is -2.32. The van der Waals surface area contributed by atoms with Crippen molar-refractivity contribution in [2.75, 3.05) is 18.5 Å². The van der Waals surface area contributed by atoms with Crippen molar-refractivity contribution in [3.05, 3.63) is 71.3 Å². The van der Waals surface area contributed by atoms with Crippen LogP contribution in [0.4, 0.5) is 18.9 Å². The summed E-state index contributed by atoms with van der Waals surface area (Å²) >= 11 is 5.96. The minimum absolute atomic E-state index is 0.0739. The summed E-state index contributed by atoms with van der Waals surface area (Å²) in [7, 11) is 0. The van der Waals surface area contributed by atoms with Crippen molar-refractivity contribution in [1.82, 2.24) is 20.1 Å². The predicted molar refractivity (Wildman–Crippen MR) is 110 cm³/mol. The number of amides is 2. The molecule has 0 spiro atoms. The molecule has 3 aromatic rings. The molecule has 0 bridgehead atoms. The molecule has 0 radical (unpaired) electrons. The van der Waals surface area contributed by atoms with Crippen LogP contribution < -0.4 is 10.6 Å². The first-order valence-corrected chi connectivity index (χ1v) is 9.57. The molecule has 0 fully saturated rings. The number of anilines is 1. The summed E-state index contributed by atoms with van der Waals surface area (Å²) in [4.78, 5) is 39.8. The van der Waals surface area contributed by atoms with Gasteiger partial charge in [-0.15, -0.1) is 0 Å². The van der Waals surface area contributed by atoms with Crippen LogP contribution in [-0.4, -0.2) is 45.7 Å². The summed E-state index contributed by atoms with van der Waals surface area (Å²) < 4.78 is 43.9. The molecular formula is C20H15ClF3N5O4. The lowest BCUT2D eigenvalue weighted by molar-refractivity contribution is -0.146. The van der Waals surface area contributed by atoms with Gasteiger partial charge in [-0.25, -0.2) is 9.67 Å². The molecule has 1 aromatic heterocycles. The van der Waals surface area contributed by atoms with Crippen LogP contribution in [0, 0.1) is 0 Å². The summed E-state index contributed by atoms with van der Waals surface area (Å²) in [6.07, 6.45) is -1.81. The minimum Gasteiger partial charge on any atom is -0.454 e. The van der Waals surface area contributed by atoms with E-state index >= 15 is 0 Å². The second-order valence-corrected chi connectivity index (χ2v) is 6.90. The number of hydrogen-bond donors (Lipinski definition) is 2. The maximum Gasteiger partial charge on any atom is 0.416 e. The van der Waals surface area contributed by atoms with Gasteiger partial charge in [-0.1, -0.05) is 11.6 Å². The first kappa shape index (κ1) is 23.7. The van der Waals surface area contributed by atoms with Gasteiger partial charge < -0.3 is 15.4 Å². The molecule has 9 nitrogen and oxygen atoms in total. The van der Waals surface area contributed by atoms with E-state index in [1.807, 2.05) is 0 Å². The Balaban J connectivity index is 1.49. The van der Waals surface area contributed by atoms with E-state index in [1.54, 1.807) is 12.1 Å². The largest absolute Gasteiger partial charge is 0.454 e. The van der Waals surface area contributed by atoms with Crippen LogP contribution in [0.2, 0.25) is 5.02 Å². The van der Waals surface area contributed by atoms with Gasteiger partial charge in [0.1, 0.15) is 19.2 Å². The summed E-state index contributed by atoms with van der Waals surface area (Å²) in [6, 6.07) is 8.14. The molecule has 0 saturated carbocycles. The molecule has 1 heterocycles. The highest BCUT2D eigenvalue weighted by atomic mass is 35.5. The van der Waals surface area contributed by atoms with Gasteiger partial charge in [0, 0.05) is 10.6 Å². The Morgan fingerprint density at radius 2 is 1.82 bits per heavy atom. The Morgan fingerprint density at radius 1 is 1.09 bits per heavy atom. The topological polar surface area (TPSA) is 115 Å². The van der Waals surface area contributed by atoms with Crippen LogP contribution in [0.1, 0.15) is 15.9 Å². The van der Waals surface area contributed by atoms with E-state index in [0.717, 1.165) is 24.3 Å². The maximum atomic E-state index is 12.6. The first-order chi connectivity index (χ1) is 15.6. The number of nitrogens with zero attached hydrogens (tertiary/aromatic N) is 3. The Kier molecular flexibility index (Phi) is 7.28. The lowest BCUT2D eigenvalue weighted by Gasteiger charge is -2.12. The van der Waals surface area contributed by atoms with E-state index in [1.165, 1.54) is 23.4 Å². The summed E-state index contributed by atoms with van der Waals surface area (Å²) in [5.74, 6) is -2.38. The van der Waals surface area contributed by atoms with Crippen LogP contribution >= 0.6 is 11.6 Å². The van der Waals surface area contributed by atoms with Gasteiger partial charge in [-0.3, -0.25) is 14.4 Å². The van der Waals surface area contributed by atoms with Gasteiger partial charge in [0.25, 0.3) is 11.8 Å². The average Bonchev–Trinajstić information content (AvgIpc) is 3.30. The van der Waals surface area contributed by atoms with Crippen molar-refractivity contribution in [3.63, 3.8) is 0 Å².